The van der Waals surface area contributed by atoms with Crippen molar-refractivity contribution in [3.05, 3.63) is 51.3 Å². The number of carbonyl (C=O) groups is 2. The lowest BCUT2D eigenvalue weighted by atomic mass is 10.1. The number of nitrogens with zero attached hydrogens (tertiary/aromatic N) is 3. The molecular formula is C14H13N3O4. The number of carbonyl (C=O) groups excluding carboxylic acids is 2. The van der Waals surface area contributed by atoms with E-state index >= 15 is 0 Å². The number of hydrogen-bond donors (Lipinski definition) is 0. The maximum absolute atomic E-state index is 11.7. The van der Waals surface area contributed by atoms with Crippen molar-refractivity contribution in [2.45, 2.75) is 20.8 Å². The summed E-state index contributed by atoms with van der Waals surface area (Å²) >= 11 is 0. The molecule has 0 unspecified atom stereocenters. The average molecular weight is 287 g/mol. The van der Waals surface area contributed by atoms with E-state index in [4.69, 9.17) is 0 Å². The zero-order chi connectivity index (χ0) is 15.7. The molecule has 0 aliphatic carbocycles. The number of benzene rings is 1. The molecule has 0 aliphatic heterocycles. The van der Waals surface area contributed by atoms with Crippen LogP contribution in [-0.2, 0) is 0 Å². The first-order valence-corrected chi connectivity index (χ1v) is 6.19. The van der Waals surface area contributed by atoms with Crippen LogP contribution in [0.3, 0.4) is 0 Å². The van der Waals surface area contributed by atoms with E-state index in [-0.39, 0.29) is 28.5 Å². The van der Waals surface area contributed by atoms with Crippen molar-refractivity contribution in [2.75, 3.05) is 0 Å². The summed E-state index contributed by atoms with van der Waals surface area (Å²) in [6.45, 7) is 4.39. The fraction of sp³-hybridized carbons (Fsp3) is 0.214. The Morgan fingerprint density at radius 2 is 1.71 bits per heavy atom. The molecule has 0 saturated carbocycles. The summed E-state index contributed by atoms with van der Waals surface area (Å²) in [6, 6.07) is 5.73. The van der Waals surface area contributed by atoms with E-state index in [1.165, 1.54) is 42.8 Å². The maximum Gasteiger partial charge on any atom is 0.269 e. The Morgan fingerprint density at radius 3 is 2.10 bits per heavy atom. The van der Waals surface area contributed by atoms with Crippen LogP contribution in [0.5, 0.6) is 0 Å². The summed E-state index contributed by atoms with van der Waals surface area (Å²) in [5.74, 6) is -0.546. The van der Waals surface area contributed by atoms with E-state index in [9.17, 15) is 19.7 Å². The van der Waals surface area contributed by atoms with E-state index in [2.05, 4.69) is 5.10 Å². The lowest BCUT2D eigenvalue weighted by molar-refractivity contribution is -0.384. The molecule has 0 spiro atoms. The second-order valence-corrected chi connectivity index (χ2v) is 4.61. The van der Waals surface area contributed by atoms with Gasteiger partial charge in [0.25, 0.3) is 5.69 Å². The molecule has 0 N–H and O–H groups in total. The molecule has 1 heterocycles. The van der Waals surface area contributed by atoms with E-state index in [1.54, 1.807) is 6.92 Å². The van der Waals surface area contributed by atoms with Crippen LogP contribution < -0.4 is 0 Å². The summed E-state index contributed by atoms with van der Waals surface area (Å²) in [6.07, 6.45) is 0. The molecule has 0 fully saturated rings. The second-order valence-electron chi connectivity index (χ2n) is 4.61. The first-order valence-electron chi connectivity index (χ1n) is 6.19. The summed E-state index contributed by atoms with van der Waals surface area (Å²) in [7, 11) is 0. The van der Waals surface area contributed by atoms with E-state index < -0.39 is 4.92 Å². The average Bonchev–Trinajstić information content (AvgIpc) is 2.76. The Morgan fingerprint density at radius 1 is 1.14 bits per heavy atom. The zero-order valence-corrected chi connectivity index (χ0v) is 11.8. The second kappa shape index (κ2) is 5.28. The van der Waals surface area contributed by atoms with Gasteiger partial charge in [-0.25, -0.2) is 4.68 Å². The summed E-state index contributed by atoms with van der Waals surface area (Å²) in [4.78, 5) is 33.4. The number of hydrogen-bond acceptors (Lipinski definition) is 5. The van der Waals surface area contributed by atoms with Crippen molar-refractivity contribution >= 4 is 17.3 Å². The molecule has 1 aromatic heterocycles. The normalized spacial score (nSPS) is 10.4. The Balaban J connectivity index is 2.59. The lowest BCUT2D eigenvalue weighted by Gasteiger charge is -2.04. The number of non-ortho nitro benzene ring substituents is 1. The van der Waals surface area contributed by atoms with Gasteiger partial charge in [-0.2, -0.15) is 5.10 Å². The molecule has 0 bridgehead atoms. The van der Waals surface area contributed by atoms with Gasteiger partial charge in [0.05, 0.1) is 21.9 Å². The van der Waals surface area contributed by atoms with Crippen LogP contribution in [0.4, 0.5) is 5.69 Å². The highest BCUT2D eigenvalue weighted by Gasteiger charge is 2.22. The molecule has 2 aromatic rings. The first kappa shape index (κ1) is 14.6. The standard InChI is InChI=1S/C14H13N3O4/c1-8-13(9(2)18)14(10(3)19)15-16(8)11-4-6-12(7-5-11)17(20)21/h4-7H,1-3H3. The van der Waals surface area contributed by atoms with E-state index in [0.717, 1.165) is 0 Å². The molecule has 2 rings (SSSR count). The van der Waals surface area contributed by atoms with Gasteiger partial charge >= 0.3 is 0 Å². The zero-order valence-electron chi connectivity index (χ0n) is 11.8. The lowest BCUT2D eigenvalue weighted by Crippen LogP contribution is -2.02. The van der Waals surface area contributed by atoms with Gasteiger partial charge in [0.1, 0.15) is 5.69 Å². The van der Waals surface area contributed by atoms with Crippen molar-refractivity contribution in [3.63, 3.8) is 0 Å². The highest BCUT2D eigenvalue weighted by Crippen LogP contribution is 2.21. The maximum atomic E-state index is 11.7. The van der Waals surface area contributed by atoms with Crippen molar-refractivity contribution in [1.82, 2.24) is 9.78 Å². The van der Waals surface area contributed by atoms with Crippen LogP contribution in [0.1, 0.15) is 40.4 Å². The monoisotopic (exact) mass is 287 g/mol. The molecule has 7 heteroatoms. The fourth-order valence-corrected chi connectivity index (χ4v) is 2.14. The molecular weight excluding hydrogens is 274 g/mol. The van der Waals surface area contributed by atoms with E-state index in [0.29, 0.717) is 11.4 Å². The SMILES string of the molecule is CC(=O)c1nn(-c2ccc([N+](=O)[O-])cc2)c(C)c1C(C)=O. The molecule has 0 saturated heterocycles. The highest BCUT2D eigenvalue weighted by molar-refractivity contribution is 6.06. The quantitative estimate of drug-likeness (QED) is 0.489. The Kier molecular flexibility index (Phi) is 3.66. The molecule has 21 heavy (non-hydrogen) atoms. The molecule has 7 nitrogen and oxygen atoms in total. The Bertz CT molecular complexity index is 744. The van der Waals surface area contributed by atoms with Crippen molar-refractivity contribution in [3.8, 4) is 5.69 Å². The van der Waals surface area contributed by atoms with Crippen LogP contribution in [0.2, 0.25) is 0 Å². The van der Waals surface area contributed by atoms with E-state index in [1.807, 2.05) is 0 Å². The number of rotatable bonds is 4. The molecule has 0 aliphatic rings. The van der Waals surface area contributed by atoms with Crippen molar-refractivity contribution in [2.24, 2.45) is 0 Å². The predicted octanol–water partition coefficient (Wildman–Crippen LogP) is 2.49. The topological polar surface area (TPSA) is 95.1 Å². The Hall–Kier alpha value is -2.83. The number of Topliss-reactive ketones (excluding diaryl/α,β-unsaturated/α-hetero) is 2. The van der Waals surface area contributed by atoms with Gasteiger partial charge in [-0.3, -0.25) is 19.7 Å². The first-order chi connectivity index (χ1) is 9.82. The smallest absolute Gasteiger partial charge is 0.269 e. The van der Waals surface area contributed by atoms with Gasteiger partial charge < -0.3 is 0 Å². The minimum Gasteiger partial charge on any atom is -0.294 e. The molecule has 0 amide bonds. The third-order valence-corrected chi connectivity index (χ3v) is 3.11. The minimum absolute atomic E-state index is 0.0397. The molecule has 1 aromatic carbocycles. The number of nitro groups is 1. The molecule has 108 valence electrons. The van der Waals surface area contributed by atoms with Gasteiger partial charge in [-0.05, 0) is 26.0 Å². The molecule has 0 atom stereocenters. The minimum atomic E-state index is -0.498. The van der Waals surface area contributed by atoms with Gasteiger partial charge in [0.2, 0.25) is 0 Å². The highest BCUT2D eigenvalue weighted by atomic mass is 16.6. The summed E-state index contributed by atoms with van der Waals surface area (Å²) in [5.41, 5.74) is 1.43. The van der Waals surface area contributed by atoms with Crippen LogP contribution >= 0.6 is 0 Å². The predicted molar refractivity (Wildman–Crippen MR) is 75.0 cm³/mol. The number of ketones is 2. The van der Waals surface area contributed by atoms with Gasteiger partial charge in [0.15, 0.2) is 11.6 Å². The summed E-state index contributed by atoms with van der Waals surface area (Å²) in [5, 5.41) is 14.8. The third-order valence-electron chi connectivity index (χ3n) is 3.11. The number of nitro benzene ring substituents is 1. The van der Waals surface area contributed by atoms with Crippen LogP contribution in [0.15, 0.2) is 24.3 Å². The van der Waals surface area contributed by atoms with Gasteiger partial charge in [-0.1, -0.05) is 0 Å². The van der Waals surface area contributed by atoms with Gasteiger partial charge in [-0.15, -0.1) is 0 Å². The third kappa shape index (κ3) is 2.58. The largest absolute Gasteiger partial charge is 0.294 e. The van der Waals surface area contributed by atoms with Crippen molar-refractivity contribution in [1.29, 1.82) is 0 Å². The van der Waals surface area contributed by atoms with Crippen LogP contribution in [0.25, 0.3) is 5.69 Å². The van der Waals surface area contributed by atoms with Gasteiger partial charge in [0, 0.05) is 19.1 Å². The van der Waals surface area contributed by atoms with Crippen LogP contribution in [-0.4, -0.2) is 26.3 Å². The molecule has 0 radical (unpaired) electrons. The summed E-state index contributed by atoms with van der Waals surface area (Å²) < 4.78 is 1.44. The fourth-order valence-electron chi connectivity index (χ4n) is 2.14. The number of aromatic nitrogens is 2. The van der Waals surface area contributed by atoms with Crippen LogP contribution in [0, 0.1) is 17.0 Å². The Labute approximate surface area is 120 Å². The van der Waals surface area contributed by atoms with Crippen molar-refractivity contribution < 1.29 is 14.5 Å².